The van der Waals surface area contributed by atoms with Gasteiger partial charge in [-0.1, -0.05) is 42.7 Å². The Balaban J connectivity index is 1.94. The van der Waals surface area contributed by atoms with Gasteiger partial charge >= 0.3 is 0 Å². The van der Waals surface area contributed by atoms with E-state index in [1.807, 2.05) is 0 Å². The molecule has 0 bridgehead atoms. The number of carbonyl (C=O) groups excluding carboxylic acids is 1. The molecule has 1 heterocycles. The van der Waals surface area contributed by atoms with Crippen molar-refractivity contribution < 1.29 is 14.5 Å². The zero-order valence-electron chi connectivity index (χ0n) is 16.1. The van der Waals surface area contributed by atoms with Crippen LogP contribution in [0.5, 0.6) is 0 Å². The summed E-state index contributed by atoms with van der Waals surface area (Å²) in [6, 6.07) is 4.29. The summed E-state index contributed by atoms with van der Waals surface area (Å²) in [6.45, 7) is 6.29. The first-order valence-corrected chi connectivity index (χ1v) is 11.4. The van der Waals surface area contributed by atoms with Crippen LogP contribution in [0.3, 0.4) is 0 Å². The third kappa shape index (κ3) is 3.86. The molecule has 0 radical (unpaired) electrons. The Labute approximate surface area is 160 Å². The Hall–Kier alpha value is -1.26. The highest BCUT2D eigenvalue weighted by atomic mass is 32.2. The molecule has 0 spiro atoms. The van der Waals surface area contributed by atoms with Crippen molar-refractivity contribution in [2.45, 2.75) is 59.3 Å². The zero-order chi connectivity index (χ0) is 18.8. The van der Waals surface area contributed by atoms with Crippen LogP contribution in [0.4, 0.5) is 0 Å². The van der Waals surface area contributed by atoms with Crippen LogP contribution in [-0.4, -0.2) is 26.9 Å². The van der Waals surface area contributed by atoms with Gasteiger partial charge in [0, 0.05) is 12.8 Å². The highest BCUT2D eigenvalue weighted by Crippen LogP contribution is 2.41. The molecule has 1 fully saturated rings. The van der Waals surface area contributed by atoms with Crippen LogP contribution in [0.2, 0.25) is 0 Å². The molecule has 0 saturated carbocycles. The smallest absolute Gasteiger partial charge is 0.167 e. The van der Waals surface area contributed by atoms with Gasteiger partial charge in [-0.15, -0.1) is 0 Å². The first-order chi connectivity index (χ1) is 12.4. The summed E-state index contributed by atoms with van der Waals surface area (Å²) in [4.78, 5) is 13.1. The highest BCUT2D eigenvalue weighted by Gasteiger charge is 2.36. The molecule has 1 unspecified atom stereocenters. The number of aliphatic hydroxyl groups is 1. The fraction of sp³-hybridized carbons (Fsp3) is 0.591. The molecule has 1 N–H and O–H groups in total. The van der Waals surface area contributed by atoms with Crippen molar-refractivity contribution in [3.05, 3.63) is 40.1 Å². The molecule has 3 rings (SSSR count). The lowest BCUT2D eigenvalue weighted by Crippen LogP contribution is -2.32. The van der Waals surface area contributed by atoms with Crippen molar-refractivity contribution in [3.8, 4) is 0 Å². The molecule has 2 aliphatic rings. The molecule has 1 saturated heterocycles. The van der Waals surface area contributed by atoms with Crippen molar-refractivity contribution in [2.75, 3.05) is 11.5 Å². The summed E-state index contributed by atoms with van der Waals surface area (Å²) in [5.41, 5.74) is 5.06. The maximum Gasteiger partial charge on any atom is 0.167 e. The normalized spacial score (nSPS) is 27.1. The molecule has 4 heteroatoms. The molecular formula is C22H30O3S. The fourth-order valence-electron chi connectivity index (χ4n) is 4.64. The van der Waals surface area contributed by atoms with Gasteiger partial charge < -0.3 is 9.66 Å². The summed E-state index contributed by atoms with van der Waals surface area (Å²) in [7, 11) is 0. The van der Waals surface area contributed by atoms with Gasteiger partial charge in [0.1, 0.15) is 17.3 Å². The number of benzene rings is 1. The van der Waals surface area contributed by atoms with Crippen molar-refractivity contribution in [3.63, 3.8) is 0 Å². The average Bonchev–Trinajstić information content (AvgIpc) is 2.62. The van der Waals surface area contributed by atoms with E-state index in [9.17, 15) is 14.5 Å². The summed E-state index contributed by atoms with van der Waals surface area (Å²) in [6.07, 6.45) is 4.63. The van der Waals surface area contributed by atoms with Gasteiger partial charge in [-0.3, -0.25) is 4.79 Å². The monoisotopic (exact) mass is 374 g/mol. The SMILES string of the molecule is CCc1cc(C)cc(CC)c1C1=C(O)CC(C2CC[S+]([O-])CC2)CC1=O. The van der Waals surface area contributed by atoms with E-state index in [0.717, 1.165) is 53.9 Å². The molecule has 1 atom stereocenters. The van der Waals surface area contributed by atoms with E-state index in [1.54, 1.807) is 0 Å². The standard InChI is InChI=1S/C22H30O3S/c1-4-15-10-14(3)11-16(5-2)21(15)22-19(23)12-18(13-20(22)24)17-6-8-26(25)9-7-17/h10-11,17-18,23H,4-9,12-13H2,1-3H3. The topological polar surface area (TPSA) is 60.4 Å². The van der Waals surface area contributed by atoms with Crippen LogP contribution >= 0.6 is 0 Å². The molecule has 1 aromatic rings. The summed E-state index contributed by atoms with van der Waals surface area (Å²) in [5.74, 6) is 2.44. The minimum atomic E-state index is -0.690. The third-order valence-corrected chi connectivity index (χ3v) is 7.41. The van der Waals surface area contributed by atoms with Gasteiger partial charge in [0.25, 0.3) is 0 Å². The van der Waals surface area contributed by atoms with E-state index < -0.39 is 11.2 Å². The minimum Gasteiger partial charge on any atom is -0.616 e. The quantitative estimate of drug-likeness (QED) is 0.788. The molecule has 1 aliphatic heterocycles. The maximum absolute atomic E-state index is 13.1. The Morgan fingerprint density at radius 2 is 1.65 bits per heavy atom. The molecule has 0 aromatic heterocycles. The summed E-state index contributed by atoms with van der Waals surface area (Å²) < 4.78 is 11.6. The second-order valence-corrected chi connectivity index (χ2v) is 9.46. The third-order valence-electron chi connectivity index (χ3n) is 6.03. The van der Waals surface area contributed by atoms with Crippen LogP contribution in [0.25, 0.3) is 5.57 Å². The number of hydrogen-bond acceptors (Lipinski definition) is 3. The van der Waals surface area contributed by atoms with Crippen molar-refractivity contribution in [1.29, 1.82) is 0 Å². The van der Waals surface area contributed by atoms with E-state index in [4.69, 9.17) is 0 Å². The number of carbonyl (C=O) groups is 1. The Bertz CT molecular complexity index is 689. The molecule has 142 valence electrons. The van der Waals surface area contributed by atoms with Gasteiger partial charge in [0.15, 0.2) is 5.78 Å². The highest BCUT2D eigenvalue weighted by molar-refractivity contribution is 7.91. The first-order valence-electron chi connectivity index (χ1n) is 9.87. The van der Waals surface area contributed by atoms with E-state index in [1.165, 1.54) is 5.56 Å². The van der Waals surface area contributed by atoms with Gasteiger partial charge in [0.2, 0.25) is 0 Å². The van der Waals surface area contributed by atoms with Crippen molar-refractivity contribution >= 4 is 22.5 Å². The van der Waals surface area contributed by atoms with Gasteiger partial charge in [-0.25, -0.2) is 0 Å². The molecule has 26 heavy (non-hydrogen) atoms. The van der Waals surface area contributed by atoms with Crippen LogP contribution < -0.4 is 0 Å². The first kappa shape index (κ1) is 19.5. The van der Waals surface area contributed by atoms with Gasteiger partial charge in [-0.2, -0.15) is 0 Å². The lowest BCUT2D eigenvalue weighted by atomic mass is 9.74. The summed E-state index contributed by atoms with van der Waals surface area (Å²) in [5, 5.41) is 10.9. The molecular weight excluding hydrogens is 344 g/mol. The van der Waals surface area contributed by atoms with Gasteiger partial charge in [0.05, 0.1) is 5.57 Å². The van der Waals surface area contributed by atoms with E-state index in [2.05, 4.69) is 32.9 Å². The lowest BCUT2D eigenvalue weighted by molar-refractivity contribution is -0.115. The number of Topliss-reactive ketones (excluding diaryl/α,β-unsaturated/α-hetero) is 1. The Kier molecular flexibility index (Phi) is 6.13. The average molecular weight is 375 g/mol. The van der Waals surface area contributed by atoms with Crippen molar-refractivity contribution in [2.24, 2.45) is 11.8 Å². The maximum atomic E-state index is 13.1. The number of allylic oxidation sites excluding steroid dienone is 2. The van der Waals surface area contributed by atoms with Crippen LogP contribution in [0.15, 0.2) is 17.9 Å². The van der Waals surface area contributed by atoms with E-state index in [-0.39, 0.29) is 17.5 Å². The molecule has 0 amide bonds. The second kappa shape index (κ2) is 8.18. The van der Waals surface area contributed by atoms with E-state index >= 15 is 0 Å². The van der Waals surface area contributed by atoms with Crippen LogP contribution in [0, 0.1) is 18.8 Å². The second-order valence-electron chi connectivity index (χ2n) is 7.76. The number of aliphatic hydroxyl groups excluding tert-OH is 1. The number of ketones is 1. The largest absolute Gasteiger partial charge is 0.616 e. The molecule has 3 nitrogen and oxygen atoms in total. The van der Waals surface area contributed by atoms with Crippen LogP contribution in [-0.2, 0) is 28.8 Å². The van der Waals surface area contributed by atoms with E-state index in [0.29, 0.717) is 24.3 Å². The predicted molar refractivity (Wildman–Crippen MR) is 108 cm³/mol. The predicted octanol–water partition coefficient (Wildman–Crippen LogP) is 4.53. The number of hydrogen-bond donors (Lipinski definition) is 1. The number of rotatable bonds is 4. The zero-order valence-corrected chi connectivity index (χ0v) is 17.0. The molecule has 1 aromatic carbocycles. The lowest BCUT2D eigenvalue weighted by Gasteiger charge is -2.34. The number of aryl methyl sites for hydroxylation is 3. The summed E-state index contributed by atoms with van der Waals surface area (Å²) >= 11 is -0.690. The Morgan fingerprint density at radius 1 is 1.08 bits per heavy atom. The van der Waals surface area contributed by atoms with Crippen LogP contribution in [0.1, 0.15) is 61.8 Å². The minimum absolute atomic E-state index is 0.0821. The Morgan fingerprint density at radius 3 is 2.15 bits per heavy atom. The fourth-order valence-corrected chi connectivity index (χ4v) is 5.98. The molecule has 1 aliphatic carbocycles. The van der Waals surface area contributed by atoms with Crippen molar-refractivity contribution in [1.82, 2.24) is 0 Å². The van der Waals surface area contributed by atoms with Gasteiger partial charge in [-0.05, 0) is 61.1 Å².